The highest BCUT2D eigenvalue weighted by molar-refractivity contribution is 6.30. The average molecular weight is 222 g/mol. The summed E-state index contributed by atoms with van der Waals surface area (Å²) in [5.74, 6) is 0. The molecule has 0 aliphatic rings. The van der Waals surface area contributed by atoms with Gasteiger partial charge in [-0.1, -0.05) is 34.9 Å². The van der Waals surface area contributed by atoms with Gasteiger partial charge in [0, 0.05) is 22.0 Å². The first-order valence-corrected chi connectivity index (χ1v) is 4.58. The van der Waals surface area contributed by atoms with Gasteiger partial charge in [-0.15, -0.1) is 0 Å². The van der Waals surface area contributed by atoms with Crippen molar-refractivity contribution in [3.05, 3.63) is 50.9 Å². The fourth-order valence-electron chi connectivity index (χ4n) is 1.06. The van der Waals surface area contributed by atoms with Gasteiger partial charge in [-0.05, 0) is 23.2 Å². The van der Waals surface area contributed by atoms with Gasteiger partial charge in [-0.25, -0.2) is 0 Å². The second-order valence-corrected chi connectivity index (χ2v) is 3.14. The van der Waals surface area contributed by atoms with Crippen molar-refractivity contribution in [2.24, 2.45) is 5.11 Å². The Balaban J connectivity index is 2.89. The van der Waals surface area contributed by atoms with Crippen LogP contribution in [0.5, 0.6) is 0 Å². The minimum Gasteiger partial charge on any atom is -0.298 e. The topological polar surface area (TPSA) is 65.8 Å². The molecule has 4 nitrogen and oxygen atoms in total. The molecule has 0 aromatic heterocycles. The number of hydrogen-bond acceptors (Lipinski definition) is 2. The molecule has 0 saturated carbocycles. The van der Waals surface area contributed by atoms with Crippen LogP contribution in [0.3, 0.4) is 0 Å². The van der Waals surface area contributed by atoms with E-state index in [9.17, 15) is 4.79 Å². The fourth-order valence-corrected chi connectivity index (χ4v) is 1.24. The third-order valence-corrected chi connectivity index (χ3v) is 1.96. The monoisotopic (exact) mass is 221 g/mol. The SMILES string of the molecule is [N-]=[N+]=NCC=Cc1ccc(Cl)cc1C=O. The van der Waals surface area contributed by atoms with E-state index in [1.807, 2.05) is 0 Å². The number of aldehydes is 1. The maximum Gasteiger partial charge on any atom is 0.150 e. The van der Waals surface area contributed by atoms with Gasteiger partial charge < -0.3 is 0 Å². The molecule has 1 aromatic carbocycles. The summed E-state index contributed by atoms with van der Waals surface area (Å²) in [4.78, 5) is 13.3. The number of nitrogens with zero attached hydrogens (tertiary/aromatic N) is 3. The van der Waals surface area contributed by atoms with E-state index in [-0.39, 0.29) is 6.54 Å². The smallest absolute Gasteiger partial charge is 0.150 e. The Kier molecular flexibility index (Phi) is 4.41. The summed E-state index contributed by atoms with van der Waals surface area (Å²) in [7, 11) is 0. The molecule has 76 valence electrons. The molecule has 0 fully saturated rings. The summed E-state index contributed by atoms with van der Waals surface area (Å²) in [5, 5.41) is 3.86. The molecule has 0 saturated heterocycles. The highest BCUT2D eigenvalue weighted by Gasteiger charge is 1.98. The van der Waals surface area contributed by atoms with E-state index in [1.54, 1.807) is 30.4 Å². The van der Waals surface area contributed by atoms with Crippen molar-refractivity contribution < 1.29 is 4.79 Å². The van der Waals surface area contributed by atoms with Crippen LogP contribution in [0.2, 0.25) is 5.02 Å². The van der Waals surface area contributed by atoms with Crippen LogP contribution >= 0.6 is 11.6 Å². The van der Waals surface area contributed by atoms with Crippen LogP contribution in [-0.4, -0.2) is 12.8 Å². The molecule has 0 spiro atoms. The second kappa shape index (κ2) is 5.86. The third-order valence-electron chi connectivity index (χ3n) is 1.72. The number of carbonyl (C=O) groups is 1. The zero-order valence-corrected chi connectivity index (χ0v) is 8.55. The summed E-state index contributed by atoms with van der Waals surface area (Å²) in [5.41, 5.74) is 9.32. The molecule has 0 radical (unpaired) electrons. The number of halogens is 1. The number of rotatable bonds is 4. The van der Waals surface area contributed by atoms with Gasteiger partial charge in [-0.3, -0.25) is 4.79 Å². The lowest BCUT2D eigenvalue weighted by Crippen LogP contribution is -1.85. The van der Waals surface area contributed by atoms with E-state index < -0.39 is 0 Å². The van der Waals surface area contributed by atoms with Gasteiger partial charge in [-0.2, -0.15) is 0 Å². The van der Waals surface area contributed by atoms with E-state index in [2.05, 4.69) is 10.0 Å². The van der Waals surface area contributed by atoms with Gasteiger partial charge in [0.05, 0.1) is 0 Å². The van der Waals surface area contributed by atoms with Gasteiger partial charge in [0.15, 0.2) is 6.29 Å². The largest absolute Gasteiger partial charge is 0.298 e. The van der Waals surface area contributed by atoms with Crippen LogP contribution in [0.15, 0.2) is 29.4 Å². The van der Waals surface area contributed by atoms with Crippen molar-refractivity contribution in [1.29, 1.82) is 0 Å². The molecule has 0 aliphatic heterocycles. The van der Waals surface area contributed by atoms with Crippen molar-refractivity contribution in [3.63, 3.8) is 0 Å². The summed E-state index contributed by atoms with van der Waals surface area (Å²) in [6.07, 6.45) is 4.13. The maximum atomic E-state index is 10.7. The van der Waals surface area contributed by atoms with Crippen LogP contribution < -0.4 is 0 Å². The molecule has 0 amide bonds. The number of azide groups is 1. The van der Waals surface area contributed by atoms with Crippen molar-refractivity contribution in [2.45, 2.75) is 0 Å². The lowest BCUT2D eigenvalue weighted by Gasteiger charge is -1.98. The lowest BCUT2D eigenvalue weighted by atomic mass is 10.1. The summed E-state index contributed by atoms with van der Waals surface area (Å²) in [6.45, 7) is 0.261. The predicted molar refractivity (Wildman–Crippen MR) is 59.9 cm³/mol. The van der Waals surface area contributed by atoms with Crippen LogP contribution in [0, 0.1) is 0 Å². The predicted octanol–water partition coefficient (Wildman–Crippen LogP) is 3.48. The summed E-state index contributed by atoms with van der Waals surface area (Å²) < 4.78 is 0. The standard InChI is InChI=1S/C10H8ClN3O/c11-10-4-3-8(9(6-10)7-15)2-1-5-13-14-12/h1-4,6-7H,5H2. The molecule has 1 rings (SSSR count). The Bertz CT molecular complexity index is 436. The quantitative estimate of drug-likeness (QED) is 0.332. The summed E-state index contributed by atoms with van der Waals surface area (Å²) >= 11 is 5.73. The van der Waals surface area contributed by atoms with E-state index in [0.29, 0.717) is 10.6 Å². The third kappa shape index (κ3) is 3.46. The normalized spacial score (nSPS) is 9.93. The van der Waals surface area contributed by atoms with Crippen molar-refractivity contribution >= 4 is 24.0 Å². The molecule has 0 aliphatic carbocycles. The maximum absolute atomic E-state index is 10.7. The number of benzene rings is 1. The van der Waals surface area contributed by atoms with Gasteiger partial charge >= 0.3 is 0 Å². The first-order valence-electron chi connectivity index (χ1n) is 4.20. The van der Waals surface area contributed by atoms with Crippen molar-refractivity contribution in [3.8, 4) is 0 Å². The molecule has 0 bridgehead atoms. The van der Waals surface area contributed by atoms with Gasteiger partial charge in [0.25, 0.3) is 0 Å². The minimum absolute atomic E-state index is 0.261. The first kappa shape index (κ1) is 11.3. The lowest BCUT2D eigenvalue weighted by molar-refractivity contribution is 0.112. The zero-order chi connectivity index (χ0) is 11.1. The number of carbonyl (C=O) groups excluding carboxylic acids is 1. The molecule has 5 heteroatoms. The van der Waals surface area contributed by atoms with Crippen LogP contribution in [0.4, 0.5) is 0 Å². The highest BCUT2D eigenvalue weighted by Crippen LogP contribution is 2.15. The highest BCUT2D eigenvalue weighted by atomic mass is 35.5. The van der Waals surface area contributed by atoms with E-state index in [0.717, 1.165) is 11.8 Å². The second-order valence-electron chi connectivity index (χ2n) is 2.71. The molecular formula is C10H8ClN3O. The Hall–Kier alpha value is -1.77. The number of hydrogen-bond donors (Lipinski definition) is 0. The Morgan fingerprint density at radius 3 is 2.93 bits per heavy atom. The van der Waals surface area contributed by atoms with Crippen molar-refractivity contribution in [2.75, 3.05) is 6.54 Å². The van der Waals surface area contributed by atoms with Crippen LogP contribution in [0.1, 0.15) is 15.9 Å². The minimum atomic E-state index is 0.261. The fraction of sp³-hybridized carbons (Fsp3) is 0.100. The molecule has 1 aromatic rings. The zero-order valence-electron chi connectivity index (χ0n) is 7.80. The van der Waals surface area contributed by atoms with Crippen molar-refractivity contribution in [1.82, 2.24) is 0 Å². The van der Waals surface area contributed by atoms with Crippen LogP contribution in [0.25, 0.3) is 16.5 Å². The van der Waals surface area contributed by atoms with Crippen LogP contribution in [-0.2, 0) is 0 Å². The van der Waals surface area contributed by atoms with E-state index in [4.69, 9.17) is 17.1 Å². The Labute approximate surface area is 91.8 Å². The Morgan fingerprint density at radius 1 is 1.47 bits per heavy atom. The molecule has 15 heavy (non-hydrogen) atoms. The molecule has 0 unspecified atom stereocenters. The molecule has 0 heterocycles. The molecular weight excluding hydrogens is 214 g/mol. The molecule has 0 N–H and O–H groups in total. The van der Waals surface area contributed by atoms with E-state index >= 15 is 0 Å². The first-order chi connectivity index (χ1) is 7.27. The average Bonchev–Trinajstić information content (AvgIpc) is 2.26. The summed E-state index contributed by atoms with van der Waals surface area (Å²) in [6, 6.07) is 5.02. The Morgan fingerprint density at radius 2 is 2.27 bits per heavy atom. The molecule has 0 atom stereocenters. The van der Waals surface area contributed by atoms with E-state index in [1.165, 1.54) is 0 Å². The van der Waals surface area contributed by atoms with Gasteiger partial charge in [0.2, 0.25) is 0 Å². The van der Waals surface area contributed by atoms with Gasteiger partial charge in [0.1, 0.15) is 0 Å².